The van der Waals surface area contributed by atoms with Crippen LogP contribution in [-0.2, 0) is 5.41 Å². The van der Waals surface area contributed by atoms with Crippen molar-refractivity contribution in [1.29, 1.82) is 5.26 Å². The lowest BCUT2D eigenvalue weighted by molar-refractivity contribution is 0.556. The standard InChI is InChI=1S/C16H16ClN3/c1-16(2,13-6-4-3-5-7-13)11-20-15-14(17)12(10-18)8-9-19-15/h3-9H,11H2,1-2H3,(H,19,20). The SMILES string of the molecule is CC(C)(CNc1nccc(C#N)c1Cl)c1ccccc1. The Hall–Kier alpha value is -2.05. The monoisotopic (exact) mass is 285 g/mol. The number of benzene rings is 1. The molecule has 1 N–H and O–H groups in total. The molecule has 0 aliphatic heterocycles. The summed E-state index contributed by atoms with van der Waals surface area (Å²) in [4.78, 5) is 4.19. The van der Waals surface area contributed by atoms with Crippen molar-refractivity contribution in [1.82, 2.24) is 4.98 Å². The van der Waals surface area contributed by atoms with Gasteiger partial charge >= 0.3 is 0 Å². The molecular weight excluding hydrogens is 270 g/mol. The molecule has 0 fully saturated rings. The van der Waals surface area contributed by atoms with Gasteiger partial charge in [-0.25, -0.2) is 4.98 Å². The highest BCUT2D eigenvalue weighted by atomic mass is 35.5. The van der Waals surface area contributed by atoms with Crippen molar-refractivity contribution in [2.75, 3.05) is 11.9 Å². The summed E-state index contributed by atoms with van der Waals surface area (Å²) in [6.07, 6.45) is 1.59. The van der Waals surface area contributed by atoms with Crippen molar-refractivity contribution in [2.24, 2.45) is 0 Å². The van der Waals surface area contributed by atoms with Crippen LogP contribution < -0.4 is 5.32 Å². The average Bonchev–Trinajstić information content (AvgIpc) is 2.47. The van der Waals surface area contributed by atoms with Crippen molar-refractivity contribution in [3.05, 3.63) is 58.7 Å². The molecular formula is C16H16ClN3. The molecule has 1 aromatic carbocycles. The molecule has 0 unspecified atom stereocenters. The molecule has 0 spiro atoms. The summed E-state index contributed by atoms with van der Waals surface area (Å²) in [5.74, 6) is 0.551. The number of nitrogens with one attached hydrogen (secondary N) is 1. The molecule has 20 heavy (non-hydrogen) atoms. The van der Waals surface area contributed by atoms with Crippen molar-refractivity contribution >= 4 is 17.4 Å². The van der Waals surface area contributed by atoms with Gasteiger partial charge in [-0.2, -0.15) is 5.26 Å². The minimum absolute atomic E-state index is 0.0606. The zero-order valence-corrected chi connectivity index (χ0v) is 12.3. The predicted molar refractivity (Wildman–Crippen MR) is 81.9 cm³/mol. The molecule has 2 rings (SSSR count). The van der Waals surface area contributed by atoms with Crippen LogP contribution in [0.25, 0.3) is 0 Å². The Morgan fingerprint density at radius 2 is 1.95 bits per heavy atom. The normalized spacial score (nSPS) is 10.9. The molecule has 1 heterocycles. The van der Waals surface area contributed by atoms with Gasteiger partial charge in [0.15, 0.2) is 0 Å². The summed E-state index contributed by atoms with van der Waals surface area (Å²) in [6, 6.07) is 13.9. The lowest BCUT2D eigenvalue weighted by Crippen LogP contribution is -2.28. The third-order valence-corrected chi connectivity index (χ3v) is 3.65. The van der Waals surface area contributed by atoms with Crippen LogP contribution in [-0.4, -0.2) is 11.5 Å². The number of pyridine rings is 1. The van der Waals surface area contributed by atoms with Crippen LogP contribution in [0.1, 0.15) is 25.0 Å². The highest BCUT2D eigenvalue weighted by molar-refractivity contribution is 6.34. The smallest absolute Gasteiger partial charge is 0.146 e. The Morgan fingerprint density at radius 1 is 1.25 bits per heavy atom. The minimum atomic E-state index is -0.0606. The van der Waals surface area contributed by atoms with Gasteiger partial charge in [0.1, 0.15) is 16.9 Å². The van der Waals surface area contributed by atoms with Crippen LogP contribution in [0.15, 0.2) is 42.6 Å². The van der Waals surface area contributed by atoms with Gasteiger partial charge in [-0.1, -0.05) is 55.8 Å². The molecule has 0 atom stereocenters. The third kappa shape index (κ3) is 3.09. The molecule has 0 radical (unpaired) electrons. The van der Waals surface area contributed by atoms with Crippen molar-refractivity contribution in [3.63, 3.8) is 0 Å². The summed E-state index contributed by atoms with van der Waals surface area (Å²) in [7, 11) is 0. The van der Waals surface area contributed by atoms with E-state index in [4.69, 9.17) is 16.9 Å². The fraction of sp³-hybridized carbons (Fsp3) is 0.250. The molecule has 102 valence electrons. The van der Waals surface area contributed by atoms with E-state index in [1.807, 2.05) is 18.2 Å². The van der Waals surface area contributed by atoms with Gasteiger partial charge in [-0.05, 0) is 11.6 Å². The Morgan fingerprint density at radius 3 is 2.60 bits per heavy atom. The van der Waals surface area contributed by atoms with E-state index in [0.717, 1.165) is 0 Å². The Labute approximate surface area is 124 Å². The Kier molecular flexibility index (Phi) is 4.26. The van der Waals surface area contributed by atoms with Crippen LogP contribution >= 0.6 is 11.6 Å². The van der Waals surface area contributed by atoms with Crippen molar-refractivity contribution < 1.29 is 0 Å². The summed E-state index contributed by atoms with van der Waals surface area (Å²) < 4.78 is 0. The average molecular weight is 286 g/mol. The van der Waals surface area contributed by atoms with E-state index >= 15 is 0 Å². The molecule has 0 saturated heterocycles. The fourth-order valence-electron chi connectivity index (χ4n) is 1.95. The number of nitriles is 1. The second-order valence-corrected chi connectivity index (χ2v) is 5.61. The topological polar surface area (TPSA) is 48.7 Å². The van der Waals surface area contributed by atoms with Crippen LogP contribution in [0.2, 0.25) is 5.02 Å². The number of halogens is 1. The van der Waals surface area contributed by atoms with Gasteiger partial charge < -0.3 is 5.32 Å². The van der Waals surface area contributed by atoms with E-state index < -0.39 is 0 Å². The molecule has 0 amide bonds. The summed E-state index contributed by atoms with van der Waals surface area (Å²) in [5, 5.41) is 12.6. The van der Waals surface area contributed by atoms with Crippen LogP contribution in [0.4, 0.5) is 5.82 Å². The first-order valence-corrected chi connectivity index (χ1v) is 6.76. The fourth-order valence-corrected chi connectivity index (χ4v) is 2.17. The zero-order chi connectivity index (χ0) is 14.6. The molecule has 1 aromatic heterocycles. The summed E-state index contributed by atoms with van der Waals surface area (Å²) >= 11 is 6.14. The number of hydrogen-bond acceptors (Lipinski definition) is 3. The summed E-state index contributed by atoms with van der Waals surface area (Å²) in [5.41, 5.74) is 1.61. The van der Waals surface area contributed by atoms with E-state index in [1.165, 1.54) is 5.56 Å². The van der Waals surface area contributed by atoms with Crippen molar-refractivity contribution in [3.8, 4) is 6.07 Å². The van der Waals surface area contributed by atoms with E-state index in [2.05, 4.69) is 42.4 Å². The highest BCUT2D eigenvalue weighted by Gasteiger charge is 2.20. The van der Waals surface area contributed by atoms with Crippen LogP contribution in [0.5, 0.6) is 0 Å². The number of nitrogens with zero attached hydrogens (tertiary/aromatic N) is 2. The van der Waals surface area contributed by atoms with Crippen LogP contribution in [0.3, 0.4) is 0 Å². The maximum atomic E-state index is 8.96. The van der Waals surface area contributed by atoms with Gasteiger partial charge in [0.05, 0.1) is 5.56 Å². The van der Waals surface area contributed by atoms with E-state index in [0.29, 0.717) is 22.9 Å². The number of aromatic nitrogens is 1. The van der Waals surface area contributed by atoms with Gasteiger partial charge in [0.25, 0.3) is 0 Å². The number of anilines is 1. The Bertz CT molecular complexity index is 630. The van der Waals surface area contributed by atoms with E-state index in [-0.39, 0.29) is 5.41 Å². The molecule has 0 aliphatic carbocycles. The largest absolute Gasteiger partial charge is 0.368 e. The quantitative estimate of drug-likeness (QED) is 0.924. The first-order valence-electron chi connectivity index (χ1n) is 6.38. The molecule has 2 aromatic rings. The summed E-state index contributed by atoms with van der Waals surface area (Å²) in [6.45, 7) is 4.98. The van der Waals surface area contributed by atoms with Crippen molar-refractivity contribution in [2.45, 2.75) is 19.3 Å². The lowest BCUT2D eigenvalue weighted by atomic mass is 9.84. The maximum Gasteiger partial charge on any atom is 0.146 e. The molecule has 0 saturated carbocycles. The minimum Gasteiger partial charge on any atom is -0.368 e. The number of rotatable bonds is 4. The van der Waals surface area contributed by atoms with Crippen LogP contribution in [0, 0.1) is 11.3 Å². The van der Waals surface area contributed by atoms with Gasteiger partial charge in [0, 0.05) is 18.2 Å². The van der Waals surface area contributed by atoms with Gasteiger partial charge in [-0.15, -0.1) is 0 Å². The molecule has 0 bridgehead atoms. The Balaban J connectivity index is 2.15. The van der Waals surface area contributed by atoms with Gasteiger partial charge in [-0.3, -0.25) is 0 Å². The first-order chi connectivity index (χ1) is 9.54. The van der Waals surface area contributed by atoms with E-state index in [1.54, 1.807) is 12.3 Å². The third-order valence-electron chi connectivity index (χ3n) is 3.26. The second kappa shape index (κ2) is 5.94. The molecule has 4 heteroatoms. The predicted octanol–water partition coefficient (Wildman–Crippen LogP) is 4.00. The lowest BCUT2D eigenvalue weighted by Gasteiger charge is -2.26. The zero-order valence-electron chi connectivity index (χ0n) is 11.5. The maximum absolute atomic E-state index is 8.96. The molecule has 3 nitrogen and oxygen atoms in total. The highest BCUT2D eigenvalue weighted by Crippen LogP contribution is 2.26. The van der Waals surface area contributed by atoms with E-state index in [9.17, 15) is 0 Å². The second-order valence-electron chi connectivity index (χ2n) is 5.24. The number of hydrogen-bond donors (Lipinski definition) is 1. The first kappa shape index (κ1) is 14.4. The van der Waals surface area contributed by atoms with Gasteiger partial charge in [0.2, 0.25) is 0 Å². The molecule has 0 aliphatic rings.